The number of aromatic carboxylic acids is 1. The summed E-state index contributed by atoms with van der Waals surface area (Å²) in [6.07, 6.45) is 3.43. The summed E-state index contributed by atoms with van der Waals surface area (Å²) >= 11 is 0. The van der Waals surface area contributed by atoms with Gasteiger partial charge in [0.05, 0.1) is 11.3 Å². The Hall–Kier alpha value is -3.48. The highest BCUT2D eigenvalue weighted by Gasteiger charge is 2.04. The number of rotatable bonds is 5. The van der Waals surface area contributed by atoms with Crippen LogP contribution in [0.3, 0.4) is 0 Å². The van der Waals surface area contributed by atoms with Crippen molar-refractivity contribution in [2.75, 3.05) is 5.32 Å². The summed E-state index contributed by atoms with van der Waals surface area (Å²) in [4.78, 5) is 10.8. The van der Waals surface area contributed by atoms with Crippen molar-refractivity contribution in [3.63, 3.8) is 0 Å². The van der Waals surface area contributed by atoms with Crippen molar-refractivity contribution in [2.45, 2.75) is 0 Å². The maximum Gasteiger partial charge on any atom is 0.335 e. The molecular formula is C16H13N5O2. The molecule has 114 valence electrons. The third-order valence-corrected chi connectivity index (χ3v) is 3.11. The van der Waals surface area contributed by atoms with Crippen molar-refractivity contribution in [1.82, 2.24) is 20.2 Å². The van der Waals surface area contributed by atoms with Crippen LogP contribution in [-0.4, -0.2) is 31.3 Å². The lowest BCUT2D eigenvalue weighted by Gasteiger charge is -2.02. The summed E-state index contributed by atoms with van der Waals surface area (Å²) in [6.45, 7) is 0. The number of carboxylic acid groups (broad SMARTS) is 1. The van der Waals surface area contributed by atoms with Crippen LogP contribution in [0.25, 0.3) is 11.8 Å². The molecule has 3 rings (SSSR count). The fourth-order valence-corrected chi connectivity index (χ4v) is 1.97. The summed E-state index contributed by atoms with van der Waals surface area (Å²) in [6, 6.07) is 16.0. The van der Waals surface area contributed by atoms with Crippen LogP contribution in [0, 0.1) is 0 Å². The number of nitrogens with one attached hydrogen (secondary N) is 1. The highest BCUT2D eigenvalue weighted by molar-refractivity contribution is 5.88. The molecule has 3 aromatic rings. The lowest BCUT2D eigenvalue weighted by atomic mass is 10.2. The molecule has 0 aliphatic carbocycles. The quantitative estimate of drug-likeness (QED) is 0.752. The van der Waals surface area contributed by atoms with Crippen molar-refractivity contribution in [3.05, 3.63) is 72.2 Å². The first-order chi connectivity index (χ1) is 11.2. The van der Waals surface area contributed by atoms with E-state index in [4.69, 9.17) is 5.11 Å². The van der Waals surface area contributed by atoms with E-state index < -0.39 is 5.97 Å². The number of hydrogen-bond donors (Lipinski definition) is 2. The Morgan fingerprint density at radius 3 is 2.52 bits per heavy atom. The summed E-state index contributed by atoms with van der Waals surface area (Å²) in [5, 5.41) is 23.5. The number of carbonyl (C=O) groups is 1. The second-order valence-corrected chi connectivity index (χ2v) is 4.64. The average molecular weight is 307 g/mol. The van der Waals surface area contributed by atoms with E-state index in [0.29, 0.717) is 5.82 Å². The number of carboxylic acids is 1. The van der Waals surface area contributed by atoms with E-state index >= 15 is 0 Å². The minimum absolute atomic E-state index is 0.243. The summed E-state index contributed by atoms with van der Waals surface area (Å²) in [5.74, 6) is -0.375. The lowest BCUT2D eigenvalue weighted by Crippen LogP contribution is -1.99. The molecule has 2 N–H and O–H groups in total. The Balaban J connectivity index is 1.72. The minimum Gasteiger partial charge on any atom is -0.478 e. The van der Waals surface area contributed by atoms with Gasteiger partial charge in [-0.25, -0.2) is 4.79 Å². The van der Waals surface area contributed by atoms with Crippen molar-refractivity contribution in [3.8, 4) is 5.69 Å². The first-order valence-corrected chi connectivity index (χ1v) is 6.84. The normalized spacial score (nSPS) is 10.8. The molecule has 0 radical (unpaired) electrons. The molecule has 0 unspecified atom stereocenters. The Morgan fingerprint density at radius 1 is 1.09 bits per heavy atom. The van der Waals surface area contributed by atoms with Crippen LogP contribution in [0.5, 0.6) is 0 Å². The zero-order valence-electron chi connectivity index (χ0n) is 12.0. The van der Waals surface area contributed by atoms with Crippen LogP contribution in [0.15, 0.2) is 60.8 Å². The van der Waals surface area contributed by atoms with Crippen molar-refractivity contribution < 1.29 is 9.90 Å². The fourth-order valence-electron chi connectivity index (χ4n) is 1.97. The summed E-state index contributed by atoms with van der Waals surface area (Å²) in [7, 11) is 0. The molecule has 0 saturated heterocycles. The molecule has 0 aliphatic rings. The van der Waals surface area contributed by atoms with E-state index in [0.717, 1.165) is 11.4 Å². The van der Waals surface area contributed by atoms with Gasteiger partial charge in [0, 0.05) is 18.0 Å². The highest BCUT2D eigenvalue weighted by Crippen LogP contribution is 2.11. The van der Waals surface area contributed by atoms with Gasteiger partial charge in [-0.05, 0) is 46.8 Å². The first-order valence-electron chi connectivity index (χ1n) is 6.84. The Kier molecular flexibility index (Phi) is 4.10. The van der Waals surface area contributed by atoms with Crippen molar-refractivity contribution in [1.29, 1.82) is 0 Å². The zero-order chi connectivity index (χ0) is 16.1. The number of para-hydroxylation sites is 1. The molecule has 7 heteroatoms. The zero-order valence-corrected chi connectivity index (χ0v) is 12.0. The van der Waals surface area contributed by atoms with Gasteiger partial charge in [0.15, 0.2) is 5.82 Å². The minimum atomic E-state index is -0.950. The number of nitrogens with zero attached hydrogens (tertiary/aromatic N) is 4. The number of hydrogen-bond acceptors (Lipinski definition) is 5. The van der Waals surface area contributed by atoms with Gasteiger partial charge in [0.1, 0.15) is 0 Å². The standard InChI is InChI=1S/C16H13N5O2/c22-16(23)12-6-8-13(9-7-12)17-11-10-15-18-19-20-21(15)14-4-2-1-3-5-14/h1-11,17H,(H,22,23)/b11-10+. The van der Waals surface area contributed by atoms with Crippen LogP contribution in [0.1, 0.15) is 16.2 Å². The van der Waals surface area contributed by atoms with Gasteiger partial charge in [0.25, 0.3) is 0 Å². The predicted octanol–water partition coefficient (Wildman–Crippen LogP) is 2.44. The third kappa shape index (κ3) is 3.41. The molecule has 0 aliphatic heterocycles. The Labute approximate surface area is 131 Å². The molecule has 0 bridgehead atoms. The molecule has 23 heavy (non-hydrogen) atoms. The summed E-state index contributed by atoms with van der Waals surface area (Å²) < 4.78 is 1.62. The van der Waals surface area contributed by atoms with Crippen LogP contribution >= 0.6 is 0 Å². The van der Waals surface area contributed by atoms with Crippen molar-refractivity contribution >= 4 is 17.7 Å². The third-order valence-electron chi connectivity index (χ3n) is 3.11. The van der Waals surface area contributed by atoms with E-state index in [9.17, 15) is 4.79 Å². The van der Waals surface area contributed by atoms with E-state index in [1.54, 1.807) is 29.1 Å². The lowest BCUT2D eigenvalue weighted by molar-refractivity contribution is 0.0697. The van der Waals surface area contributed by atoms with Gasteiger partial charge in [-0.3, -0.25) is 0 Å². The molecule has 0 fully saturated rings. The van der Waals surface area contributed by atoms with Crippen LogP contribution in [0.2, 0.25) is 0 Å². The molecule has 1 heterocycles. The van der Waals surface area contributed by atoms with Gasteiger partial charge < -0.3 is 10.4 Å². The monoisotopic (exact) mass is 307 g/mol. The topological polar surface area (TPSA) is 92.9 Å². The first kappa shape index (κ1) is 14.5. The smallest absolute Gasteiger partial charge is 0.335 e. The number of benzene rings is 2. The molecule has 1 aromatic heterocycles. The molecule has 2 aromatic carbocycles. The Bertz CT molecular complexity index is 825. The largest absolute Gasteiger partial charge is 0.478 e. The van der Waals surface area contributed by atoms with E-state index in [-0.39, 0.29) is 5.56 Å². The molecular weight excluding hydrogens is 294 g/mol. The van der Waals surface area contributed by atoms with E-state index in [1.807, 2.05) is 30.3 Å². The predicted molar refractivity (Wildman–Crippen MR) is 85.2 cm³/mol. The van der Waals surface area contributed by atoms with Gasteiger partial charge >= 0.3 is 5.97 Å². The number of tetrazole rings is 1. The second kappa shape index (κ2) is 6.52. The molecule has 0 amide bonds. The average Bonchev–Trinajstić information content (AvgIpc) is 3.05. The van der Waals surface area contributed by atoms with Gasteiger partial charge in [-0.15, -0.1) is 5.10 Å². The van der Waals surface area contributed by atoms with Crippen LogP contribution < -0.4 is 5.32 Å². The van der Waals surface area contributed by atoms with Crippen LogP contribution in [0.4, 0.5) is 5.69 Å². The molecule has 0 atom stereocenters. The fraction of sp³-hybridized carbons (Fsp3) is 0. The molecule has 0 saturated carbocycles. The highest BCUT2D eigenvalue weighted by atomic mass is 16.4. The van der Waals surface area contributed by atoms with Crippen molar-refractivity contribution in [2.24, 2.45) is 0 Å². The number of aromatic nitrogens is 4. The molecule has 0 spiro atoms. The van der Waals surface area contributed by atoms with Gasteiger partial charge in [0.2, 0.25) is 0 Å². The molecule has 7 nitrogen and oxygen atoms in total. The van der Waals surface area contributed by atoms with Gasteiger partial charge in [-0.2, -0.15) is 4.68 Å². The second-order valence-electron chi connectivity index (χ2n) is 4.64. The summed E-state index contributed by atoms with van der Waals surface area (Å²) in [5.41, 5.74) is 1.88. The van der Waals surface area contributed by atoms with E-state index in [1.165, 1.54) is 12.1 Å². The SMILES string of the molecule is O=C(O)c1ccc(N/C=C/c2nnnn2-c2ccccc2)cc1. The van der Waals surface area contributed by atoms with E-state index in [2.05, 4.69) is 20.8 Å². The maximum atomic E-state index is 10.8. The Morgan fingerprint density at radius 2 is 1.83 bits per heavy atom. The number of anilines is 1. The maximum absolute atomic E-state index is 10.8. The van der Waals surface area contributed by atoms with Crippen LogP contribution in [-0.2, 0) is 0 Å². The van der Waals surface area contributed by atoms with Gasteiger partial charge in [-0.1, -0.05) is 18.2 Å².